The summed E-state index contributed by atoms with van der Waals surface area (Å²) >= 11 is 0. The van der Waals surface area contributed by atoms with E-state index in [9.17, 15) is 5.11 Å². The average Bonchev–Trinajstić information content (AvgIpc) is 2.59. The Labute approximate surface area is 164 Å². The number of ether oxygens (including phenoxy) is 1. The van der Waals surface area contributed by atoms with Gasteiger partial charge >= 0.3 is 0 Å². The number of nitrogens with one attached hydrogen (secondary N) is 1. The summed E-state index contributed by atoms with van der Waals surface area (Å²) in [4.78, 5) is 0. The summed E-state index contributed by atoms with van der Waals surface area (Å²) in [6.07, 6.45) is 8.12. The van der Waals surface area contributed by atoms with E-state index in [1.807, 2.05) is 6.07 Å². The topological polar surface area (TPSA) is 41.5 Å². The molecule has 0 heterocycles. The van der Waals surface area contributed by atoms with Gasteiger partial charge in [-0.25, -0.2) is 0 Å². The fraction of sp³-hybridized carbons (Fsp3) is 0.727. The van der Waals surface area contributed by atoms with Crippen molar-refractivity contribution >= 4 is 12.4 Å². The Morgan fingerprint density at radius 2 is 1.65 bits per heavy atom. The molecule has 3 nitrogen and oxygen atoms in total. The minimum Gasteiger partial charge on any atom is -0.389 e. The van der Waals surface area contributed by atoms with E-state index in [-0.39, 0.29) is 18.4 Å². The summed E-state index contributed by atoms with van der Waals surface area (Å²) in [5, 5.41) is 13.7. The van der Waals surface area contributed by atoms with Crippen molar-refractivity contribution in [2.75, 3.05) is 19.8 Å². The van der Waals surface area contributed by atoms with Crippen LogP contribution in [0.3, 0.4) is 0 Å². The lowest BCUT2D eigenvalue weighted by Gasteiger charge is -2.56. The highest BCUT2D eigenvalue weighted by Gasteiger charge is 2.50. The first-order valence-corrected chi connectivity index (χ1v) is 10.2. The zero-order valence-corrected chi connectivity index (χ0v) is 16.7. The third-order valence-electron chi connectivity index (χ3n) is 6.84. The predicted octanol–water partition coefficient (Wildman–Crippen LogP) is 4.35. The molecule has 2 unspecified atom stereocenters. The molecule has 5 rings (SSSR count). The monoisotopic (exact) mass is 379 g/mol. The van der Waals surface area contributed by atoms with E-state index in [4.69, 9.17) is 4.74 Å². The molecule has 26 heavy (non-hydrogen) atoms. The van der Waals surface area contributed by atoms with Crippen LogP contribution in [0.5, 0.6) is 0 Å². The van der Waals surface area contributed by atoms with Crippen molar-refractivity contribution in [2.24, 2.45) is 23.2 Å². The summed E-state index contributed by atoms with van der Waals surface area (Å²) in [7, 11) is 0. The van der Waals surface area contributed by atoms with Crippen molar-refractivity contribution in [2.45, 2.75) is 57.6 Å². The highest BCUT2D eigenvalue weighted by Crippen LogP contribution is 2.60. The summed E-state index contributed by atoms with van der Waals surface area (Å²) in [5.41, 5.74) is 1.70. The SMILES string of the molecule is CC(NCC(O)COCC12CC3CC(CC(C3)C1)C2)c1ccccc1.Cl. The summed E-state index contributed by atoms with van der Waals surface area (Å²) < 4.78 is 6.03. The maximum absolute atomic E-state index is 10.3. The first kappa shape index (κ1) is 20.1. The number of hydrogen-bond donors (Lipinski definition) is 2. The minimum atomic E-state index is -0.430. The van der Waals surface area contributed by atoms with Gasteiger partial charge in [-0.3, -0.25) is 0 Å². The van der Waals surface area contributed by atoms with E-state index in [1.165, 1.54) is 44.1 Å². The van der Waals surface area contributed by atoms with Gasteiger partial charge in [-0.15, -0.1) is 12.4 Å². The fourth-order valence-electron chi connectivity index (χ4n) is 6.11. The van der Waals surface area contributed by atoms with Crippen LogP contribution in [-0.2, 0) is 4.74 Å². The van der Waals surface area contributed by atoms with Gasteiger partial charge in [-0.1, -0.05) is 30.3 Å². The molecule has 4 bridgehead atoms. The maximum Gasteiger partial charge on any atom is 0.0897 e. The van der Waals surface area contributed by atoms with E-state index in [1.54, 1.807) is 0 Å². The Kier molecular flexibility index (Phi) is 6.66. The van der Waals surface area contributed by atoms with Gasteiger partial charge in [-0.2, -0.15) is 0 Å². The molecule has 1 aromatic rings. The lowest BCUT2D eigenvalue weighted by molar-refractivity contribution is -0.105. The number of halogens is 1. The molecule has 4 aliphatic rings. The van der Waals surface area contributed by atoms with E-state index in [2.05, 4.69) is 36.5 Å². The van der Waals surface area contributed by atoms with Crippen LogP contribution in [0, 0.1) is 23.2 Å². The molecule has 0 radical (unpaired) electrons. The molecule has 4 fully saturated rings. The predicted molar refractivity (Wildman–Crippen MR) is 108 cm³/mol. The van der Waals surface area contributed by atoms with Crippen molar-refractivity contribution in [3.63, 3.8) is 0 Å². The van der Waals surface area contributed by atoms with Gasteiger partial charge < -0.3 is 15.2 Å². The Hall–Kier alpha value is -0.610. The average molecular weight is 380 g/mol. The Morgan fingerprint density at radius 3 is 2.23 bits per heavy atom. The molecule has 0 aromatic heterocycles. The van der Waals surface area contributed by atoms with Crippen molar-refractivity contribution in [3.05, 3.63) is 35.9 Å². The molecular formula is C22H34ClNO2. The molecule has 4 heteroatoms. The van der Waals surface area contributed by atoms with Crippen LogP contribution < -0.4 is 5.32 Å². The second-order valence-electron chi connectivity index (χ2n) is 9.13. The molecule has 4 saturated carbocycles. The third kappa shape index (κ3) is 4.62. The maximum atomic E-state index is 10.3. The quantitative estimate of drug-likeness (QED) is 0.705. The molecule has 2 N–H and O–H groups in total. The van der Waals surface area contributed by atoms with E-state index >= 15 is 0 Å². The van der Waals surface area contributed by atoms with E-state index in [0.717, 1.165) is 24.4 Å². The van der Waals surface area contributed by atoms with Crippen molar-refractivity contribution < 1.29 is 9.84 Å². The van der Waals surface area contributed by atoms with Crippen LogP contribution in [0.1, 0.15) is 57.1 Å². The van der Waals surface area contributed by atoms with Gasteiger partial charge in [0.1, 0.15) is 0 Å². The number of rotatable bonds is 8. The Morgan fingerprint density at radius 1 is 1.08 bits per heavy atom. The van der Waals surface area contributed by atoms with Gasteiger partial charge in [0.25, 0.3) is 0 Å². The smallest absolute Gasteiger partial charge is 0.0897 e. The Bertz CT molecular complexity index is 529. The number of aliphatic hydroxyl groups excluding tert-OH is 1. The lowest BCUT2D eigenvalue weighted by Crippen LogP contribution is -2.48. The first-order valence-electron chi connectivity index (χ1n) is 10.2. The highest BCUT2D eigenvalue weighted by molar-refractivity contribution is 5.85. The van der Waals surface area contributed by atoms with Crippen LogP contribution in [0.15, 0.2) is 30.3 Å². The normalized spacial score (nSPS) is 34.3. The molecule has 146 valence electrons. The molecule has 0 spiro atoms. The number of hydrogen-bond acceptors (Lipinski definition) is 3. The number of aliphatic hydroxyl groups is 1. The van der Waals surface area contributed by atoms with E-state index < -0.39 is 6.10 Å². The van der Waals surface area contributed by atoms with Crippen LogP contribution in [0.4, 0.5) is 0 Å². The molecule has 2 atom stereocenters. The van der Waals surface area contributed by atoms with Crippen LogP contribution in [0.2, 0.25) is 0 Å². The van der Waals surface area contributed by atoms with Crippen LogP contribution in [0.25, 0.3) is 0 Å². The van der Waals surface area contributed by atoms with Crippen molar-refractivity contribution in [1.29, 1.82) is 0 Å². The van der Waals surface area contributed by atoms with Gasteiger partial charge in [-0.05, 0) is 74.2 Å². The van der Waals surface area contributed by atoms with Crippen LogP contribution >= 0.6 is 12.4 Å². The fourth-order valence-corrected chi connectivity index (χ4v) is 6.11. The van der Waals surface area contributed by atoms with Gasteiger partial charge in [0.05, 0.1) is 19.3 Å². The largest absolute Gasteiger partial charge is 0.389 e. The molecule has 1 aromatic carbocycles. The molecular weight excluding hydrogens is 346 g/mol. The summed E-state index contributed by atoms with van der Waals surface area (Å²) in [6, 6.07) is 10.6. The second kappa shape index (κ2) is 8.60. The molecule has 4 aliphatic carbocycles. The molecule has 0 amide bonds. The minimum absolute atomic E-state index is 0. The zero-order chi connectivity index (χ0) is 17.3. The highest BCUT2D eigenvalue weighted by atomic mass is 35.5. The molecule has 0 aliphatic heterocycles. The molecule has 0 saturated heterocycles. The second-order valence-corrected chi connectivity index (χ2v) is 9.13. The van der Waals surface area contributed by atoms with Crippen LogP contribution in [-0.4, -0.2) is 31.0 Å². The van der Waals surface area contributed by atoms with Crippen molar-refractivity contribution in [3.8, 4) is 0 Å². The summed E-state index contributed by atoms with van der Waals surface area (Å²) in [6.45, 7) is 4.04. The standard InChI is InChI=1S/C22H33NO2.ClH/c1-16(20-5-3-2-4-6-20)23-13-21(24)14-25-15-22-10-17-7-18(11-22)9-19(8-17)12-22;/h2-6,16-19,21,23-24H,7-15H2,1H3;1H. The van der Waals surface area contributed by atoms with E-state index in [0.29, 0.717) is 18.6 Å². The van der Waals surface area contributed by atoms with Gasteiger partial charge in [0, 0.05) is 12.6 Å². The summed E-state index contributed by atoms with van der Waals surface area (Å²) in [5.74, 6) is 2.90. The van der Waals surface area contributed by atoms with Crippen molar-refractivity contribution in [1.82, 2.24) is 5.32 Å². The van der Waals surface area contributed by atoms with Gasteiger partial charge in [0.2, 0.25) is 0 Å². The third-order valence-corrected chi connectivity index (χ3v) is 6.84. The van der Waals surface area contributed by atoms with Gasteiger partial charge in [0.15, 0.2) is 0 Å². The zero-order valence-electron chi connectivity index (χ0n) is 15.9. The Balaban J connectivity index is 0.00000196. The number of benzene rings is 1. The lowest BCUT2D eigenvalue weighted by atomic mass is 9.50. The first-order chi connectivity index (χ1) is 12.1.